The van der Waals surface area contributed by atoms with Crippen molar-refractivity contribution in [3.8, 4) is 6.07 Å². The Bertz CT molecular complexity index is 496. The number of nitrogens with zero attached hydrogens (tertiary/aromatic N) is 2. The van der Waals surface area contributed by atoms with Gasteiger partial charge in [-0.25, -0.2) is 4.18 Å². The minimum Gasteiger partial charge on any atom is -0.368 e. The van der Waals surface area contributed by atoms with Crippen LogP contribution in [0, 0.1) is 11.3 Å². The Morgan fingerprint density at radius 2 is 1.94 bits per heavy atom. The van der Waals surface area contributed by atoms with Gasteiger partial charge in [-0.05, 0) is 12.1 Å². The molecule has 0 saturated carbocycles. The minimum atomic E-state index is -4.41. The van der Waals surface area contributed by atoms with Gasteiger partial charge >= 0.3 is 10.4 Å². The van der Waals surface area contributed by atoms with Gasteiger partial charge in [0.05, 0.1) is 19.1 Å². The Morgan fingerprint density at radius 1 is 1.28 bits per heavy atom. The monoisotopic (exact) mass is 270 g/mol. The molecule has 1 aromatic rings. The van der Waals surface area contributed by atoms with E-state index in [4.69, 9.17) is 9.81 Å². The van der Waals surface area contributed by atoms with Crippen molar-refractivity contribution in [1.29, 1.82) is 5.26 Å². The number of anilines is 1. The molecule has 0 unspecified atom stereocenters. The Hall–Kier alpha value is -1.62. The molecule has 1 aromatic carbocycles. The Labute approximate surface area is 106 Å². The number of hydrogen-bond donors (Lipinski definition) is 1. The SMILES string of the molecule is N#CCCN(CCOS(=O)(=O)O)c1ccccc1. The molecule has 0 heterocycles. The minimum absolute atomic E-state index is 0.168. The highest BCUT2D eigenvalue weighted by Gasteiger charge is 2.09. The molecule has 0 radical (unpaired) electrons. The van der Waals surface area contributed by atoms with E-state index >= 15 is 0 Å². The lowest BCUT2D eigenvalue weighted by atomic mass is 10.2. The number of nitriles is 1. The molecule has 0 amide bonds. The average Bonchev–Trinajstić information content (AvgIpc) is 2.33. The predicted molar refractivity (Wildman–Crippen MR) is 66.4 cm³/mol. The number of para-hydroxylation sites is 1. The maximum atomic E-state index is 10.4. The highest BCUT2D eigenvalue weighted by atomic mass is 32.3. The van der Waals surface area contributed by atoms with Gasteiger partial charge in [0.15, 0.2) is 0 Å². The first-order valence-corrected chi connectivity index (χ1v) is 6.68. The van der Waals surface area contributed by atoms with Gasteiger partial charge in [0, 0.05) is 18.8 Å². The summed E-state index contributed by atoms with van der Waals surface area (Å²) < 4.78 is 33.6. The fourth-order valence-corrected chi connectivity index (χ4v) is 1.73. The smallest absolute Gasteiger partial charge is 0.368 e. The van der Waals surface area contributed by atoms with Gasteiger partial charge in [0.1, 0.15) is 0 Å². The van der Waals surface area contributed by atoms with Gasteiger partial charge < -0.3 is 4.90 Å². The molecule has 0 atom stereocenters. The molecule has 0 spiro atoms. The van der Waals surface area contributed by atoms with E-state index in [1.165, 1.54) is 0 Å². The van der Waals surface area contributed by atoms with Crippen LogP contribution in [0.25, 0.3) is 0 Å². The Morgan fingerprint density at radius 3 is 2.50 bits per heavy atom. The van der Waals surface area contributed by atoms with Gasteiger partial charge in [0.2, 0.25) is 0 Å². The molecule has 0 aliphatic heterocycles. The molecule has 0 bridgehead atoms. The van der Waals surface area contributed by atoms with Crippen molar-refractivity contribution in [3.05, 3.63) is 30.3 Å². The standard InChI is InChI=1S/C11H14N2O4S/c12-7-4-8-13(9-10-17-18(14,15)16)11-5-2-1-3-6-11/h1-3,5-6H,4,8-10H2,(H,14,15,16). The highest BCUT2D eigenvalue weighted by Crippen LogP contribution is 2.13. The quantitative estimate of drug-likeness (QED) is 0.749. The third-order valence-electron chi connectivity index (χ3n) is 2.21. The summed E-state index contributed by atoms with van der Waals surface area (Å²) in [5, 5.41) is 8.57. The fraction of sp³-hybridized carbons (Fsp3) is 0.364. The molecule has 0 saturated heterocycles. The second kappa shape index (κ2) is 6.96. The van der Waals surface area contributed by atoms with Crippen LogP contribution in [-0.4, -0.2) is 32.7 Å². The topological polar surface area (TPSA) is 90.6 Å². The van der Waals surface area contributed by atoms with Crippen LogP contribution < -0.4 is 4.90 Å². The highest BCUT2D eigenvalue weighted by molar-refractivity contribution is 7.80. The molecule has 1 N–H and O–H groups in total. The Kier molecular flexibility index (Phi) is 5.58. The fourth-order valence-electron chi connectivity index (χ4n) is 1.45. The molecular weight excluding hydrogens is 256 g/mol. The molecular formula is C11H14N2O4S. The zero-order chi connectivity index (χ0) is 13.4. The molecule has 7 heteroatoms. The second-order valence-electron chi connectivity index (χ2n) is 3.48. The summed E-state index contributed by atoms with van der Waals surface area (Å²) in [6, 6.07) is 11.3. The molecule has 0 aromatic heterocycles. The van der Waals surface area contributed by atoms with E-state index in [0.29, 0.717) is 13.0 Å². The van der Waals surface area contributed by atoms with Crippen LogP contribution >= 0.6 is 0 Å². The predicted octanol–water partition coefficient (Wildman–Crippen LogP) is 1.23. The molecule has 6 nitrogen and oxygen atoms in total. The van der Waals surface area contributed by atoms with E-state index in [1.807, 2.05) is 41.3 Å². The van der Waals surface area contributed by atoms with Crippen molar-refractivity contribution < 1.29 is 17.2 Å². The first-order valence-electron chi connectivity index (χ1n) is 5.32. The molecule has 0 aliphatic carbocycles. The summed E-state index contributed by atoms with van der Waals surface area (Å²) in [7, 11) is -4.41. The zero-order valence-corrected chi connectivity index (χ0v) is 10.5. The normalized spacial score (nSPS) is 10.9. The number of benzene rings is 1. The Balaban J connectivity index is 2.60. The van der Waals surface area contributed by atoms with E-state index < -0.39 is 10.4 Å². The lowest BCUT2D eigenvalue weighted by Gasteiger charge is -2.23. The van der Waals surface area contributed by atoms with Crippen molar-refractivity contribution in [2.75, 3.05) is 24.6 Å². The van der Waals surface area contributed by atoms with Crippen LogP contribution in [0.4, 0.5) is 5.69 Å². The third-order valence-corrected chi connectivity index (χ3v) is 2.67. The van der Waals surface area contributed by atoms with Crippen LogP contribution in [0.5, 0.6) is 0 Å². The van der Waals surface area contributed by atoms with Crippen LogP contribution in [0.3, 0.4) is 0 Å². The maximum absolute atomic E-state index is 10.4. The van der Waals surface area contributed by atoms with Crippen molar-refractivity contribution in [2.45, 2.75) is 6.42 Å². The lowest BCUT2D eigenvalue weighted by Crippen LogP contribution is -2.29. The van der Waals surface area contributed by atoms with Crippen molar-refractivity contribution in [3.63, 3.8) is 0 Å². The van der Waals surface area contributed by atoms with Crippen LogP contribution in [0.2, 0.25) is 0 Å². The zero-order valence-electron chi connectivity index (χ0n) is 9.69. The molecule has 18 heavy (non-hydrogen) atoms. The van der Waals surface area contributed by atoms with E-state index in [2.05, 4.69) is 4.18 Å². The molecule has 0 aliphatic rings. The average molecular weight is 270 g/mol. The van der Waals surface area contributed by atoms with E-state index in [-0.39, 0.29) is 13.2 Å². The summed E-state index contributed by atoms with van der Waals surface area (Å²) in [4.78, 5) is 1.81. The summed E-state index contributed by atoms with van der Waals surface area (Å²) in [5.41, 5.74) is 0.867. The van der Waals surface area contributed by atoms with Gasteiger partial charge in [-0.2, -0.15) is 13.7 Å². The second-order valence-corrected chi connectivity index (χ2v) is 4.57. The molecule has 0 fully saturated rings. The van der Waals surface area contributed by atoms with E-state index in [0.717, 1.165) is 5.69 Å². The first-order chi connectivity index (χ1) is 8.53. The lowest BCUT2D eigenvalue weighted by molar-refractivity contribution is 0.273. The van der Waals surface area contributed by atoms with Crippen molar-refractivity contribution in [2.24, 2.45) is 0 Å². The summed E-state index contributed by atoms with van der Waals surface area (Å²) >= 11 is 0. The van der Waals surface area contributed by atoms with Crippen LogP contribution in [0.15, 0.2) is 30.3 Å². The van der Waals surface area contributed by atoms with Gasteiger partial charge in [-0.1, -0.05) is 18.2 Å². The van der Waals surface area contributed by atoms with Gasteiger partial charge in [-0.3, -0.25) is 4.55 Å². The van der Waals surface area contributed by atoms with Crippen molar-refractivity contribution >= 4 is 16.1 Å². The largest absolute Gasteiger partial charge is 0.397 e. The van der Waals surface area contributed by atoms with Gasteiger partial charge in [0.25, 0.3) is 0 Å². The number of rotatable bonds is 7. The third kappa shape index (κ3) is 5.63. The summed E-state index contributed by atoms with van der Waals surface area (Å²) in [6.45, 7) is 0.569. The van der Waals surface area contributed by atoms with Gasteiger partial charge in [-0.15, -0.1) is 0 Å². The van der Waals surface area contributed by atoms with Crippen LogP contribution in [-0.2, 0) is 14.6 Å². The first kappa shape index (κ1) is 14.4. The molecule has 1 rings (SSSR count). The van der Waals surface area contributed by atoms with Crippen molar-refractivity contribution in [1.82, 2.24) is 0 Å². The van der Waals surface area contributed by atoms with Crippen LogP contribution in [0.1, 0.15) is 6.42 Å². The van der Waals surface area contributed by atoms with E-state index in [1.54, 1.807) is 0 Å². The maximum Gasteiger partial charge on any atom is 0.397 e. The van der Waals surface area contributed by atoms with E-state index in [9.17, 15) is 8.42 Å². The molecule has 98 valence electrons. The summed E-state index contributed by atoms with van der Waals surface area (Å²) in [5.74, 6) is 0. The summed E-state index contributed by atoms with van der Waals surface area (Å²) in [6.07, 6.45) is 0.320. The number of hydrogen-bond acceptors (Lipinski definition) is 5.